The lowest BCUT2D eigenvalue weighted by Gasteiger charge is -2.06. The molecule has 1 aliphatic rings. The van der Waals surface area contributed by atoms with Gasteiger partial charge in [-0.25, -0.2) is 10.2 Å². The summed E-state index contributed by atoms with van der Waals surface area (Å²) in [6.45, 7) is 0. The molecule has 0 aromatic heterocycles. The Labute approximate surface area is 89.7 Å². The first kappa shape index (κ1) is 12.0. The summed E-state index contributed by atoms with van der Waals surface area (Å²) in [4.78, 5) is 10.5. The predicted molar refractivity (Wildman–Crippen MR) is 58.5 cm³/mol. The van der Waals surface area contributed by atoms with Crippen molar-refractivity contribution in [3.05, 3.63) is 0 Å². The van der Waals surface area contributed by atoms with Crippen LogP contribution < -0.4 is 11.2 Å². The fourth-order valence-corrected chi connectivity index (χ4v) is 1.77. The minimum Gasteiger partial charge on any atom is -0.393 e. The number of nitrogens with zero attached hydrogens (tertiary/aromatic N) is 1. The third-order valence-electron chi connectivity index (χ3n) is 2.58. The normalized spacial score (nSPS) is 26.5. The highest BCUT2D eigenvalue weighted by atomic mass is 16.3. The number of hydrogen-bond acceptors (Lipinski definition) is 3. The van der Waals surface area contributed by atoms with Gasteiger partial charge in [0.25, 0.3) is 0 Å². The largest absolute Gasteiger partial charge is 0.393 e. The number of amides is 2. The van der Waals surface area contributed by atoms with Crippen LogP contribution in [0.2, 0.25) is 0 Å². The summed E-state index contributed by atoms with van der Waals surface area (Å²) in [5.74, 6) is 0. The van der Waals surface area contributed by atoms with Gasteiger partial charge >= 0.3 is 6.03 Å². The minimum atomic E-state index is -0.623. The lowest BCUT2D eigenvalue weighted by Crippen LogP contribution is -2.25. The van der Waals surface area contributed by atoms with E-state index in [9.17, 15) is 9.90 Å². The monoisotopic (exact) mass is 213 g/mol. The Hall–Kier alpha value is -1.10. The zero-order chi connectivity index (χ0) is 11.1. The van der Waals surface area contributed by atoms with Gasteiger partial charge in [0.2, 0.25) is 0 Å². The van der Waals surface area contributed by atoms with E-state index in [1.165, 1.54) is 0 Å². The number of aliphatic hydroxyl groups excluding tert-OH is 1. The van der Waals surface area contributed by atoms with Gasteiger partial charge < -0.3 is 10.8 Å². The average molecular weight is 213 g/mol. The molecule has 2 amide bonds. The van der Waals surface area contributed by atoms with Gasteiger partial charge in [0.1, 0.15) is 0 Å². The number of nitrogens with one attached hydrogen (secondary N) is 1. The van der Waals surface area contributed by atoms with Crippen LogP contribution >= 0.6 is 0 Å². The zero-order valence-corrected chi connectivity index (χ0v) is 8.91. The summed E-state index contributed by atoms with van der Waals surface area (Å²) in [5, 5.41) is 13.5. The Morgan fingerprint density at radius 3 is 2.73 bits per heavy atom. The number of aliphatic hydroxyl groups is 1. The molecule has 15 heavy (non-hydrogen) atoms. The van der Waals surface area contributed by atoms with Gasteiger partial charge in [0, 0.05) is 5.71 Å². The molecule has 0 radical (unpaired) electrons. The number of carbonyl (C=O) groups is 1. The van der Waals surface area contributed by atoms with Crippen LogP contribution in [0, 0.1) is 0 Å². The molecule has 0 spiro atoms. The smallest absolute Gasteiger partial charge is 0.332 e. The van der Waals surface area contributed by atoms with Crippen molar-refractivity contribution < 1.29 is 9.90 Å². The maximum Gasteiger partial charge on any atom is 0.332 e. The Morgan fingerprint density at radius 2 is 2.00 bits per heavy atom. The van der Waals surface area contributed by atoms with Gasteiger partial charge in [0.05, 0.1) is 6.10 Å². The molecule has 1 aliphatic carbocycles. The van der Waals surface area contributed by atoms with Gasteiger partial charge in [-0.1, -0.05) is 6.42 Å². The molecule has 1 saturated carbocycles. The number of hydrazone groups is 1. The molecule has 1 atom stereocenters. The highest BCUT2D eigenvalue weighted by Crippen LogP contribution is 2.15. The maximum atomic E-state index is 10.5. The SMILES string of the molecule is NC(=O)NN=C1CCCC[C@H](O)CCC1. The second-order valence-corrected chi connectivity index (χ2v) is 3.95. The summed E-state index contributed by atoms with van der Waals surface area (Å²) in [5.41, 5.74) is 8.17. The molecule has 0 heterocycles. The minimum absolute atomic E-state index is 0.173. The first-order chi connectivity index (χ1) is 7.18. The van der Waals surface area contributed by atoms with Gasteiger partial charge in [-0.2, -0.15) is 5.10 Å². The second-order valence-electron chi connectivity index (χ2n) is 3.95. The molecular formula is C10H19N3O2. The van der Waals surface area contributed by atoms with Crippen molar-refractivity contribution in [2.75, 3.05) is 0 Å². The third-order valence-corrected chi connectivity index (χ3v) is 2.58. The highest BCUT2D eigenvalue weighted by molar-refractivity contribution is 5.85. The van der Waals surface area contributed by atoms with Crippen molar-refractivity contribution in [1.82, 2.24) is 5.43 Å². The Balaban J connectivity index is 2.42. The van der Waals surface area contributed by atoms with Crippen LogP contribution in [-0.4, -0.2) is 23.0 Å². The molecule has 0 aliphatic heterocycles. The number of nitrogens with two attached hydrogens (primary N) is 1. The van der Waals surface area contributed by atoms with E-state index < -0.39 is 6.03 Å². The molecule has 1 fully saturated rings. The Morgan fingerprint density at radius 1 is 1.33 bits per heavy atom. The van der Waals surface area contributed by atoms with Crippen molar-refractivity contribution in [3.63, 3.8) is 0 Å². The second kappa shape index (κ2) is 6.40. The van der Waals surface area contributed by atoms with Crippen molar-refractivity contribution in [3.8, 4) is 0 Å². The summed E-state index contributed by atoms with van der Waals surface area (Å²) >= 11 is 0. The highest BCUT2D eigenvalue weighted by Gasteiger charge is 2.09. The van der Waals surface area contributed by atoms with E-state index in [-0.39, 0.29) is 6.10 Å². The summed E-state index contributed by atoms with van der Waals surface area (Å²) in [7, 11) is 0. The van der Waals surface area contributed by atoms with Gasteiger partial charge in [-0.15, -0.1) is 0 Å². The van der Waals surface area contributed by atoms with Crippen molar-refractivity contribution in [2.45, 2.75) is 51.0 Å². The number of carbonyl (C=O) groups excluding carboxylic acids is 1. The van der Waals surface area contributed by atoms with Crippen LogP contribution in [0.15, 0.2) is 5.10 Å². The van der Waals surface area contributed by atoms with E-state index in [4.69, 9.17) is 5.73 Å². The Kier molecular flexibility index (Phi) is 5.10. The standard InChI is InChI=1S/C10H19N3O2/c11-10(15)13-12-8-4-1-2-6-9(14)7-3-5-8/h9,14H,1-7H2,(H3,11,13,15)/t9-/m0/s1. The zero-order valence-electron chi connectivity index (χ0n) is 8.91. The fourth-order valence-electron chi connectivity index (χ4n) is 1.77. The van der Waals surface area contributed by atoms with E-state index in [1.54, 1.807) is 0 Å². The molecule has 5 nitrogen and oxygen atoms in total. The Bertz CT molecular complexity index is 241. The molecule has 0 saturated heterocycles. The number of urea groups is 1. The lowest BCUT2D eigenvalue weighted by atomic mass is 10.1. The van der Waals surface area contributed by atoms with E-state index in [0.29, 0.717) is 0 Å². The van der Waals surface area contributed by atoms with Crippen LogP contribution in [0.3, 0.4) is 0 Å². The van der Waals surface area contributed by atoms with Gasteiger partial charge in [0.15, 0.2) is 0 Å². The number of hydrogen-bond donors (Lipinski definition) is 3. The predicted octanol–water partition coefficient (Wildman–Crippen LogP) is 1.12. The van der Waals surface area contributed by atoms with E-state index in [1.807, 2.05) is 0 Å². The van der Waals surface area contributed by atoms with E-state index in [0.717, 1.165) is 50.7 Å². The van der Waals surface area contributed by atoms with Crippen molar-refractivity contribution in [2.24, 2.45) is 10.8 Å². The molecule has 0 bridgehead atoms. The van der Waals surface area contributed by atoms with Crippen LogP contribution in [0.4, 0.5) is 4.79 Å². The summed E-state index contributed by atoms with van der Waals surface area (Å²) in [6, 6.07) is -0.623. The summed E-state index contributed by atoms with van der Waals surface area (Å²) < 4.78 is 0. The summed E-state index contributed by atoms with van der Waals surface area (Å²) in [6.07, 6.45) is 6.16. The topological polar surface area (TPSA) is 87.7 Å². The molecule has 0 unspecified atom stereocenters. The molecule has 0 aromatic rings. The molecule has 86 valence electrons. The quantitative estimate of drug-likeness (QED) is 0.570. The molecule has 4 N–H and O–H groups in total. The first-order valence-electron chi connectivity index (χ1n) is 5.47. The van der Waals surface area contributed by atoms with Crippen LogP contribution in [0.5, 0.6) is 0 Å². The third kappa shape index (κ3) is 5.37. The fraction of sp³-hybridized carbons (Fsp3) is 0.800. The molecular weight excluding hydrogens is 194 g/mol. The molecule has 1 rings (SSSR count). The molecule has 0 aromatic carbocycles. The van der Waals surface area contributed by atoms with Gasteiger partial charge in [-0.3, -0.25) is 0 Å². The van der Waals surface area contributed by atoms with Crippen LogP contribution in [0.25, 0.3) is 0 Å². The van der Waals surface area contributed by atoms with E-state index >= 15 is 0 Å². The maximum absolute atomic E-state index is 10.5. The van der Waals surface area contributed by atoms with Crippen LogP contribution in [-0.2, 0) is 0 Å². The number of primary amides is 1. The van der Waals surface area contributed by atoms with Crippen molar-refractivity contribution >= 4 is 11.7 Å². The van der Waals surface area contributed by atoms with Gasteiger partial charge in [-0.05, 0) is 38.5 Å². The lowest BCUT2D eigenvalue weighted by molar-refractivity contribution is 0.150. The van der Waals surface area contributed by atoms with E-state index in [2.05, 4.69) is 10.5 Å². The van der Waals surface area contributed by atoms with Crippen LogP contribution in [0.1, 0.15) is 44.9 Å². The molecule has 5 heteroatoms. The first-order valence-corrected chi connectivity index (χ1v) is 5.47. The number of rotatable bonds is 1. The average Bonchev–Trinajstić information content (AvgIpc) is 2.27. The van der Waals surface area contributed by atoms with Crippen molar-refractivity contribution in [1.29, 1.82) is 0 Å².